The van der Waals surface area contributed by atoms with Crippen LogP contribution in [0.15, 0.2) is 45.7 Å². The summed E-state index contributed by atoms with van der Waals surface area (Å²) in [5.41, 5.74) is 1.30. The summed E-state index contributed by atoms with van der Waals surface area (Å²) in [4.78, 5) is 18.8. The first-order valence-corrected chi connectivity index (χ1v) is 10.5. The molecule has 0 radical (unpaired) electrons. The highest BCUT2D eigenvalue weighted by atomic mass is 19.1. The zero-order valence-corrected chi connectivity index (χ0v) is 17.0. The van der Waals surface area contributed by atoms with Gasteiger partial charge in [-0.3, -0.25) is 4.79 Å². The molecule has 3 heterocycles. The average molecular weight is 418 g/mol. The van der Waals surface area contributed by atoms with E-state index in [4.69, 9.17) is 10.00 Å². The first-order valence-electron chi connectivity index (χ1n) is 10.5. The van der Waals surface area contributed by atoms with Gasteiger partial charge < -0.3 is 15.0 Å². The predicted octanol–water partition coefficient (Wildman–Crippen LogP) is 3.16. The van der Waals surface area contributed by atoms with E-state index in [9.17, 15) is 9.18 Å². The van der Waals surface area contributed by atoms with E-state index in [0.29, 0.717) is 16.9 Å². The number of hydrogen-bond acceptors (Lipinski definition) is 5. The van der Waals surface area contributed by atoms with Gasteiger partial charge in [0.1, 0.15) is 11.9 Å². The van der Waals surface area contributed by atoms with Crippen LogP contribution in [0.25, 0.3) is 10.8 Å². The van der Waals surface area contributed by atoms with E-state index in [1.54, 1.807) is 12.1 Å². The molecule has 31 heavy (non-hydrogen) atoms. The molecule has 2 aliphatic heterocycles. The van der Waals surface area contributed by atoms with E-state index >= 15 is 0 Å². The summed E-state index contributed by atoms with van der Waals surface area (Å²) in [6.45, 7) is 1.71. The minimum absolute atomic E-state index is 0.177. The molecule has 2 N–H and O–H groups in total. The Bertz CT molecular complexity index is 1170. The van der Waals surface area contributed by atoms with Crippen molar-refractivity contribution in [3.63, 3.8) is 0 Å². The second-order valence-corrected chi connectivity index (χ2v) is 7.81. The smallest absolute Gasteiger partial charge is 0.256 e. The molecule has 0 amide bonds. The van der Waals surface area contributed by atoms with Crippen LogP contribution >= 0.6 is 0 Å². The van der Waals surface area contributed by atoms with E-state index in [-0.39, 0.29) is 17.5 Å². The summed E-state index contributed by atoms with van der Waals surface area (Å²) in [7, 11) is 0. The largest absolute Gasteiger partial charge is 0.340 e. The SMILES string of the molecule is N#CC1=CC#CC(OC2CNC2)N=C1.O=c1[nH]c(C2CCCC2)cc2ccc(F)cc12. The number of nitrogens with zero attached hydrogens (tertiary/aromatic N) is 2. The van der Waals surface area contributed by atoms with Crippen molar-refractivity contribution in [2.24, 2.45) is 4.99 Å². The van der Waals surface area contributed by atoms with Gasteiger partial charge in [0.25, 0.3) is 5.56 Å². The van der Waals surface area contributed by atoms with Crippen molar-refractivity contribution in [3.05, 3.63) is 57.8 Å². The normalized spacial score (nSPS) is 20.5. The highest BCUT2D eigenvalue weighted by Crippen LogP contribution is 2.33. The highest BCUT2D eigenvalue weighted by Gasteiger charge is 2.21. The molecule has 5 rings (SSSR count). The van der Waals surface area contributed by atoms with Gasteiger partial charge in [-0.25, -0.2) is 9.38 Å². The van der Waals surface area contributed by atoms with Crippen LogP contribution in [-0.2, 0) is 4.74 Å². The maximum Gasteiger partial charge on any atom is 0.256 e. The number of nitrogens with one attached hydrogen (secondary N) is 2. The van der Waals surface area contributed by atoms with Gasteiger partial charge in [-0.1, -0.05) is 24.8 Å². The predicted molar refractivity (Wildman–Crippen MR) is 117 cm³/mol. The lowest BCUT2D eigenvalue weighted by molar-refractivity contribution is -0.00692. The first kappa shape index (κ1) is 21.0. The monoisotopic (exact) mass is 418 g/mol. The molecule has 7 heteroatoms. The van der Waals surface area contributed by atoms with E-state index < -0.39 is 6.23 Å². The second kappa shape index (κ2) is 9.70. The van der Waals surface area contributed by atoms with Crippen LogP contribution in [0, 0.1) is 29.0 Å². The molecule has 1 atom stereocenters. The summed E-state index contributed by atoms with van der Waals surface area (Å²) in [6.07, 6.45) is 7.56. The minimum Gasteiger partial charge on any atom is -0.340 e. The third-order valence-electron chi connectivity index (χ3n) is 5.60. The first-order chi connectivity index (χ1) is 15.1. The number of aromatic amines is 1. The molecular weight excluding hydrogens is 395 g/mol. The molecule has 6 nitrogen and oxygen atoms in total. The Balaban J connectivity index is 0.000000152. The van der Waals surface area contributed by atoms with Crippen molar-refractivity contribution < 1.29 is 9.13 Å². The van der Waals surface area contributed by atoms with Crippen LogP contribution in [0.4, 0.5) is 4.39 Å². The average Bonchev–Trinajstić information content (AvgIpc) is 3.18. The second-order valence-electron chi connectivity index (χ2n) is 7.81. The number of aromatic nitrogens is 1. The van der Waals surface area contributed by atoms with Gasteiger partial charge in [-0.05, 0) is 48.3 Å². The number of hydrogen-bond donors (Lipinski definition) is 2. The van der Waals surface area contributed by atoms with Gasteiger partial charge in [0, 0.05) is 36.5 Å². The van der Waals surface area contributed by atoms with Gasteiger partial charge in [-0.2, -0.15) is 5.26 Å². The summed E-state index contributed by atoms with van der Waals surface area (Å²) in [5, 5.41) is 13.0. The summed E-state index contributed by atoms with van der Waals surface area (Å²) >= 11 is 0. The van der Waals surface area contributed by atoms with Crippen LogP contribution < -0.4 is 10.9 Å². The summed E-state index contributed by atoms with van der Waals surface area (Å²) in [6, 6.07) is 8.36. The topological polar surface area (TPSA) is 90.3 Å². The fourth-order valence-electron chi connectivity index (χ4n) is 3.79. The maximum atomic E-state index is 13.1. The number of rotatable bonds is 3. The van der Waals surface area contributed by atoms with E-state index in [0.717, 1.165) is 37.0 Å². The highest BCUT2D eigenvalue weighted by molar-refractivity contribution is 5.85. The number of allylic oxidation sites excluding steroid dienone is 2. The maximum absolute atomic E-state index is 13.1. The molecule has 1 aromatic carbocycles. The Morgan fingerprint density at radius 1 is 1.23 bits per heavy atom. The summed E-state index contributed by atoms with van der Waals surface area (Å²) in [5.74, 6) is 5.67. The summed E-state index contributed by atoms with van der Waals surface area (Å²) < 4.78 is 18.6. The van der Waals surface area contributed by atoms with Crippen molar-refractivity contribution in [2.45, 2.75) is 43.9 Å². The zero-order chi connectivity index (χ0) is 21.6. The van der Waals surface area contributed by atoms with Gasteiger partial charge in [0.2, 0.25) is 6.23 Å². The Hall–Kier alpha value is -3.26. The Kier molecular flexibility index (Phi) is 6.57. The number of pyridine rings is 1. The van der Waals surface area contributed by atoms with Crippen molar-refractivity contribution >= 4 is 17.0 Å². The third-order valence-corrected chi connectivity index (χ3v) is 5.60. The number of fused-ring (bicyclic) bond motifs is 1. The van der Waals surface area contributed by atoms with Crippen molar-refractivity contribution in [1.82, 2.24) is 10.3 Å². The Morgan fingerprint density at radius 3 is 2.74 bits per heavy atom. The quantitative estimate of drug-likeness (QED) is 0.750. The van der Waals surface area contributed by atoms with Gasteiger partial charge >= 0.3 is 0 Å². The van der Waals surface area contributed by atoms with Crippen LogP contribution in [0.1, 0.15) is 37.3 Å². The lowest BCUT2D eigenvalue weighted by Crippen LogP contribution is -2.49. The molecule has 0 spiro atoms. The van der Waals surface area contributed by atoms with E-state index in [1.165, 1.54) is 31.2 Å². The molecule has 2 aromatic rings. The van der Waals surface area contributed by atoms with Crippen molar-refractivity contribution in [2.75, 3.05) is 13.1 Å². The lowest BCUT2D eigenvalue weighted by atomic mass is 10.0. The molecule has 1 saturated heterocycles. The Labute approximate surface area is 179 Å². The molecule has 3 aliphatic rings. The zero-order valence-electron chi connectivity index (χ0n) is 17.0. The molecular formula is C24H23FN4O2. The minimum atomic E-state index is -0.427. The number of ether oxygens (including phenoxy) is 1. The standard InChI is InChI=1S/C14H14FNO.C10H9N3O/c15-11-6-5-10-7-13(9-3-1-2-4-9)16-14(17)12(10)8-11;11-4-8-2-1-3-10(13-5-8)14-9-6-12-7-9/h5-9H,1-4H2,(H,16,17);2,5,9-10,12H,6-7H2. The Morgan fingerprint density at radius 2 is 2.03 bits per heavy atom. The molecule has 1 aromatic heterocycles. The van der Waals surface area contributed by atoms with Crippen molar-refractivity contribution in [1.29, 1.82) is 5.26 Å². The number of halogens is 1. The molecule has 1 unspecified atom stereocenters. The number of aliphatic imine (C=N–C) groups is 1. The van der Waals surface area contributed by atoms with Gasteiger partial charge in [0.05, 0.1) is 11.7 Å². The van der Waals surface area contributed by atoms with Gasteiger partial charge in [-0.15, -0.1) is 0 Å². The van der Waals surface area contributed by atoms with Crippen LogP contribution in [0.3, 0.4) is 0 Å². The molecule has 1 saturated carbocycles. The molecule has 2 fully saturated rings. The van der Waals surface area contributed by atoms with E-state index in [2.05, 4.69) is 27.1 Å². The van der Waals surface area contributed by atoms with Crippen LogP contribution in [-0.4, -0.2) is 36.6 Å². The lowest BCUT2D eigenvalue weighted by Gasteiger charge is -2.28. The fraction of sp³-hybridized carbons (Fsp3) is 0.375. The van der Waals surface area contributed by atoms with E-state index in [1.807, 2.05) is 12.1 Å². The molecule has 1 aliphatic carbocycles. The molecule has 158 valence electrons. The van der Waals surface area contributed by atoms with Crippen molar-refractivity contribution in [3.8, 4) is 17.9 Å². The van der Waals surface area contributed by atoms with Gasteiger partial charge in [0.15, 0.2) is 0 Å². The number of H-pyrrole nitrogens is 1. The third kappa shape index (κ3) is 5.27. The van der Waals surface area contributed by atoms with Crippen LogP contribution in [0.5, 0.6) is 0 Å². The van der Waals surface area contributed by atoms with Crippen LogP contribution in [0.2, 0.25) is 0 Å². The number of benzene rings is 1. The fourth-order valence-corrected chi connectivity index (χ4v) is 3.79. The molecule has 0 bridgehead atoms. The number of nitriles is 1.